The summed E-state index contributed by atoms with van der Waals surface area (Å²) >= 11 is 0. The lowest BCUT2D eigenvalue weighted by Crippen LogP contribution is -2.39. The van der Waals surface area contributed by atoms with Gasteiger partial charge in [-0.05, 0) is 18.8 Å². The number of rotatable bonds is 1. The molecule has 3 heteroatoms. The first-order valence-electron chi connectivity index (χ1n) is 3.68. The number of hydrogen-bond donors (Lipinski definition) is 1. The summed E-state index contributed by atoms with van der Waals surface area (Å²) in [4.78, 5) is 10.7. The van der Waals surface area contributed by atoms with Gasteiger partial charge >= 0.3 is 0 Å². The van der Waals surface area contributed by atoms with Crippen LogP contribution in [0.5, 0.6) is 0 Å². The van der Waals surface area contributed by atoms with Crippen molar-refractivity contribution in [2.75, 3.05) is 13.2 Å². The number of hydrogen-bond acceptors (Lipinski definition) is 2. The van der Waals surface area contributed by atoms with Gasteiger partial charge in [0.15, 0.2) is 0 Å². The third kappa shape index (κ3) is 2.60. The van der Waals surface area contributed by atoms with Crippen LogP contribution < -0.4 is 5.32 Å². The first-order chi connectivity index (χ1) is 5.33. The minimum atomic E-state index is -0.347. The van der Waals surface area contributed by atoms with Crippen molar-refractivity contribution < 1.29 is 9.53 Å². The van der Waals surface area contributed by atoms with Crippen LogP contribution in [0.3, 0.4) is 0 Å². The van der Waals surface area contributed by atoms with Gasteiger partial charge in [-0.1, -0.05) is 0 Å². The molecule has 1 aliphatic rings. The average molecular weight is 153 g/mol. The predicted molar refractivity (Wildman–Crippen MR) is 40.8 cm³/mol. The predicted octanol–water partition coefficient (Wildman–Crippen LogP) is -0.0852. The van der Waals surface area contributed by atoms with E-state index < -0.39 is 0 Å². The lowest BCUT2D eigenvalue weighted by atomic mass is 10.1. The van der Waals surface area contributed by atoms with Crippen molar-refractivity contribution in [2.45, 2.75) is 18.9 Å². The third-order valence-corrected chi connectivity index (χ3v) is 1.63. The summed E-state index contributed by atoms with van der Waals surface area (Å²) in [5, 5.41) is 2.67. The van der Waals surface area contributed by atoms with Gasteiger partial charge in [-0.25, -0.2) is 0 Å². The van der Waals surface area contributed by atoms with Crippen molar-refractivity contribution in [3.05, 3.63) is 0 Å². The van der Waals surface area contributed by atoms with Gasteiger partial charge in [0.2, 0.25) is 0 Å². The standard InChI is InChI=1S/C8H11NO2/c1-2-8(10)9-7-4-3-5-11-6-7/h1,7H,3-6H2,(H,9,10)/t7-/m1/s1. The largest absolute Gasteiger partial charge is 0.379 e. The van der Waals surface area contributed by atoms with Crippen LogP contribution in [0.25, 0.3) is 0 Å². The van der Waals surface area contributed by atoms with E-state index in [0.29, 0.717) is 6.61 Å². The van der Waals surface area contributed by atoms with E-state index in [4.69, 9.17) is 11.2 Å². The van der Waals surface area contributed by atoms with Gasteiger partial charge < -0.3 is 10.1 Å². The Hall–Kier alpha value is -1.01. The molecule has 3 nitrogen and oxygen atoms in total. The molecular weight excluding hydrogens is 142 g/mol. The highest BCUT2D eigenvalue weighted by Gasteiger charge is 2.14. The molecule has 1 atom stereocenters. The molecule has 11 heavy (non-hydrogen) atoms. The summed E-state index contributed by atoms with van der Waals surface area (Å²) in [7, 11) is 0. The highest BCUT2D eigenvalue weighted by molar-refractivity contribution is 5.93. The highest BCUT2D eigenvalue weighted by atomic mass is 16.5. The Labute approximate surface area is 66.1 Å². The van der Waals surface area contributed by atoms with Gasteiger partial charge in [-0.2, -0.15) is 0 Å². The number of carbonyl (C=O) groups is 1. The summed E-state index contributed by atoms with van der Waals surface area (Å²) < 4.78 is 5.14. The second kappa shape index (κ2) is 3.99. The van der Waals surface area contributed by atoms with E-state index in [1.54, 1.807) is 0 Å². The van der Waals surface area contributed by atoms with Gasteiger partial charge in [0.1, 0.15) is 0 Å². The van der Waals surface area contributed by atoms with Crippen molar-refractivity contribution in [1.82, 2.24) is 5.32 Å². The zero-order valence-electron chi connectivity index (χ0n) is 6.30. The van der Waals surface area contributed by atoms with Crippen molar-refractivity contribution in [2.24, 2.45) is 0 Å². The summed E-state index contributed by atoms with van der Waals surface area (Å²) in [6.45, 7) is 1.38. The summed E-state index contributed by atoms with van der Waals surface area (Å²) in [6, 6.07) is 0.118. The maximum absolute atomic E-state index is 10.7. The van der Waals surface area contributed by atoms with E-state index >= 15 is 0 Å². The Bertz CT molecular complexity index is 177. The SMILES string of the molecule is C#CC(=O)N[C@@H]1CCCOC1. The number of carbonyl (C=O) groups excluding carboxylic acids is 1. The minimum absolute atomic E-state index is 0.118. The van der Waals surface area contributed by atoms with Crippen LogP contribution in [0, 0.1) is 12.3 Å². The molecule has 0 radical (unpaired) electrons. The van der Waals surface area contributed by atoms with Crippen LogP contribution in [0.2, 0.25) is 0 Å². The summed E-state index contributed by atoms with van der Waals surface area (Å²) in [5.41, 5.74) is 0. The molecule has 1 fully saturated rings. The molecular formula is C8H11NO2. The van der Waals surface area contributed by atoms with Crippen LogP contribution in [-0.2, 0) is 9.53 Å². The molecule has 60 valence electrons. The Morgan fingerprint density at radius 2 is 2.55 bits per heavy atom. The maximum Gasteiger partial charge on any atom is 0.295 e. The number of nitrogens with one attached hydrogen (secondary N) is 1. The fraction of sp³-hybridized carbons (Fsp3) is 0.625. The summed E-state index contributed by atoms with van der Waals surface area (Å²) in [5.74, 6) is 1.66. The maximum atomic E-state index is 10.7. The van der Waals surface area contributed by atoms with Crippen LogP contribution in [0.1, 0.15) is 12.8 Å². The van der Waals surface area contributed by atoms with Gasteiger partial charge in [-0.15, -0.1) is 6.42 Å². The lowest BCUT2D eigenvalue weighted by Gasteiger charge is -2.21. The molecule has 1 saturated heterocycles. The van der Waals surface area contributed by atoms with Gasteiger partial charge in [-0.3, -0.25) is 4.79 Å². The molecule has 0 unspecified atom stereocenters. The Kier molecular flexibility index (Phi) is 2.94. The van der Waals surface area contributed by atoms with Crippen LogP contribution in [-0.4, -0.2) is 25.2 Å². The molecule has 0 aromatic heterocycles. The van der Waals surface area contributed by atoms with E-state index in [2.05, 4.69) is 5.32 Å². The molecule has 0 bridgehead atoms. The van der Waals surface area contributed by atoms with Crippen LogP contribution >= 0.6 is 0 Å². The Morgan fingerprint density at radius 3 is 3.09 bits per heavy atom. The molecule has 0 aliphatic carbocycles. The molecule has 0 aromatic carbocycles. The van der Waals surface area contributed by atoms with Gasteiger partial charge in [0.05, 0.1) is 12.6 Å². The third-order valence-electron chi connectivity index (χ3n) is 1.63. The molecule has 1 rings (SSSR count). The normalized spacial score (nSPS) is 23.7. The molecule has 1 amide bonds. The van der Waals surface area contributed by atoms with Crippen molar-refractivity contribution in [3.63, 3.8) is 0 Å². The highest BCUT2D eigenvalue weighted by Crippen LogP contribution is 2.04. The lowest BCUT2D eigenvalue weighted by molar-refractivity contribution is -0.117. The zero-order chi connectivity index (χ0) is 8.10. The number of amides is 1. The monoisotopic (exact) mass is 153 g/mol. The minimum Gasteiger partial charge on any atom is -0.379 e. The van der Waals surface area contributed by atoms with E-state index in [0.717, 1.165) is 19.4 Å². The van der Waals surface area contributed by atoms with Gasteiger partial charge in [0, 0.05) is 6.61 Å². The topological polar surface area (TPSA) is 38.3 Å². The van der Waals surface area contributed by atoms with E-state index in [9.17, 15) is 4.79 Å². The second-order valence-electron chi connectivity index (χ2n) is 2.53. The average Bonchev–Trinajstić information content (AvgIpc) is 2.06. The first kappa shape index (κ1) is 8.09. The second-order valence-corrected chi connectivity index (χ2v) is 2.53. The van der Waals surface area contributed by atoms with E-state index in [-0.39, 0.29) is 11.9 Å². The summed E-state index contributed by atoms with van der Waals surface area (Å²) in [6.07, 6.45) is 6.85. The smallest absolute Gasteiger partial charge is 0.295 e. The number of ether oxygens (including phenoxy) is 1. The van der Waals surface area contributed by atoms with E-state index in [1.165, 1.54) is 0 Å². The Morgan fingerprint density at radius 1 is 1.73 bits per heavy atom. The fourth-order valence-electron chi connectivity index (χ4n) is 1.08. The molecule has 1 N–H and O–H groups in total. The molecule has 1 aliphatic heterocycles. The van der Waals surface area contributed by atoms with Crippen molar-refractivity contribution in [3.8, 4) is 12.3 Å². The Balaban J connectivity index is 2.25. The fourth-order valence-corrected chi connectivity index (χ4v) is 1.08. The number of terminal acetylenes is 1. The first-order valence-corrected chi connectivity index (χ1v) is 3.68. The van der Waals surface area contributed by atoms with Crippen molar-refractivity contribution in [1.29, 1.82) is 0 Å². The molecule has 1 heterocycles. The quantitative estimate of drug-likeness (QED) is 0.535. The molecule has 0 saturated carbocycles. The van der Waals surface area contributed by atoms with Crippen molar-refractivity contribution >= 4 is 5.91 Å². The van der Waals surface area contributed by atoms with Crippen LogP contribution in [0.4, 0.5) is 0 Å². The molecule has 0 aromatic rings. The van der Waals surface area contributed by atoms with E-state index in [1.807, 2.05) is 5.92 Å². The molecule has 0 spiro atoms. The van der Waals surface area contributed by atoms with Gasteiger partial charge in [0.25, 0.3) is 5.91 Å². The zero-order valence-corrected chi connectivity index (χ0v) is 6.30. The van der Waals surface area contributed by atoms with Crippen LogP contribution in [0.15, 0.2) is 0 Å².